The standard InChI is InChI=1S/C19H20ClNO3/c20-16-11-9-15(10-12-16)17(13-19(23)24)21-18(22)8-4-7-14-5-2-1-3-6-14/h1-3,5-6,9-12,17H,4,7-8,13H2,(H,21,22)(H,23,24)/p-1/t17-/m0/s1. The number of rotatable bonds is 8. The van der Waals surface area contributed by atoms with Gasteiger partial charge in [0.25, 0.3) is 0 Å². The fourth-order valence-corrected chi connectivity index (χ4v) is 2.60. The van der Waals surface area contributed by atoms with Crippen molar-refractivity contribution in [1.82, 2.24) is 5.32 Å². The van der Waals surface area contributed by atoms with Gasteiger partial charge in [-0.05, 0) is 36.1 Å². The molecule has 0 saturated heterocycles. The van der Waals surface area contributed by atoms with Gasteiger partial charge in [-0.1, -0.05) is 54.1 Å². The second-order valence-electron chi connectivity index (χ2n) is 5.59. The first-order chi connectivity index (χ1) is 11.5. The smallest absolute Gasteiger partial charge is 0.220 e. The third kappa shape index (κ3) is 6.05. The van der Waals surface area contributed by atoms with Crippen molar-refractivity contribution in [3.63, 3.8) is 0 Å². The van der Waals surface area contributed by atoms with Gasteiger partial charge in [0.05, 0.1) is 6.04 Å². The minimum absolute atomic E-state index is 0.174. The maximum absolute atomic E-state index is 12.1. The van der Waals surface area contributed by atoms with E-state index >= 15 is 0 Å². The largest absolute Gasteiger partial charge is 0.550 e. The molecule has 0 fully saturated rings. The van der Waals surface area contributed by atoms with E-state index in [1.54, 1.807) is 24.3 Å². The number of aryl methyl sites for hydroxylation is 1. The number of hydrogen-bond acceptors (Lipinski definition) is 3. The van der Waals surface area contributed by atoms with Crippen molar-refractivity contribution in [2.75, 3.05) is 0 Å². The summed E-state index contributed by atoms with van der Waals surface area (Å²) in [7, 11) is 0. The minimum atomic E-state index is -1.21. The highest BCUT2D eigenvalue weighted by Crippen LogP contribution is 2.19. The molecule has 1 atom stereocenters. The van der Waals surface area contributed by atoms with Gasteiger partial charge in [0.1, 0.15) is 0 Å². The molecule has 0 saturated carbocycles. The van der Waals surface area contributed by atoms with Crippen molar-refractivity contribution in [3.05, 3.63) is 70.7 Å². The van der Waals surface area contributed by atoms with E-state index in [9.17, 15) is 14.7 Å². The lowest BCUT2D eigenvalue weighted by Gasteiger charge is -2.20. The van der Waals surface area contributed by atoms with Crippen LogP contribution < -0.4 is 10.4 Å². The molecule has 0 heterocycles. The lowest BCUT2D eigenvalue weighted by Crippen LogP contribution is -2.34. The zero-order valence-corrected chi connectivity index (χ0v) is 14.0. The summed E-state index contributed by atoms with van der Waals surface area (Å²) in [4.78, 5) is 23.1. The molecule has 0 spiro atoms. The zero-order valence-electron chi connectivity index (χ0n) is 13.2. The number of amides is 1. The third-order valence-corrected chi connectivity index (χ3v) is 3.94. The van der Waals surface area contributed by atoms with Crippen LogP contribution in [0.5, 0.6) is 0 Å². The summed E-state index contributed by atoms with van der Waals surface area (Å²) < 4.78 is 0. The van der Waals surface area contributed by atoms with Gasteiger partial charge < -0.3 is 15.2 Å². The van der Waals surface area contributed by atoms with Gasteiger partial charge in [0.2, 0.25) is 5.91 Å². The summed E-state index contributed by atoms with van der Waals surface area (Å²) in [6.07, 6.45) is 1.58. The van der Waals surface area contributed by atoms with Crippen LogP contribution in [0.1, 0.15) is 36.4 Å². The first-order valence-corrected chi connectivity index (χ1v) is 8.21. The second-order valence-corrected chi connectivity index (χ2v) is 6.02. The second kappa shape index (κ2) is 9.08. The molecule has 0 bridgehead atoms. The summed E-state index contributed by atoms with van der Waals surface area (Å²) in [5.41, 5.74) is 1.87. The topological polar surface area (TPSA) is 69.2 Å². The number of hydrogen-bond donors (Lipinski definition) is 1. The molecular weight excluding hydrogens is 326 g/mol. The molecule has 126 valence electrons. The van der Waals surface area contributed by atoms with Gasteiger partial charge >= 0.3 is 0 Å². The molecule has 24 heavy (non-hydrogen) atoms. The fraction of sp³-hybridized carbons (Fsp3) is 0.263. The van der Waals surface area contributed by atoms with E-state index in [1.807, 2.05) is 30.3 Å². The van der Waals surface area contributed by atoms with Gasteiger partial charge in [-0.25, -0.2) is 0 Å². The lowest BCUT2D eigenvalue weighted by atomic mass is 10.0. The van der Waals surface area contributed by atoms with Crippen molar-refractivity contribution < 1.29 is 14.7 Å². The summed E-state index contributed by atoms with van der Waals surface area (Å²) in [6.45, 7) is 0. The molecule has 2 rings (SSSR count). The number of nitrogens with one attached hydrogen (secondary N) is 1. The van der Waals surface area contributed by atoms with Crippen LogP contribution in [0.3, 0.4) is 0 Å². The van der Waals surface area contributed by atoms with Crippen LogP contribution in [0.2, 0.25) is 5.02 Å². The van der Waals surface area contributed by atoms with Crippen LogP contribution in [-0.4, -0.2) is 11.9 Å². The Labute approximate surface area is 146 Å². The molecule has 5 heteroatoms. The van der Waals surface area contributed by atoms with Crippen LogP contribution in [0, 0.1) is 0 Å². The Morgan fingerprint density at radius 1 is 1.04 bits per heavy atom. The highest BCUT2D eigenvalue weighted by atomic mass is 35.5. The average molecular weight is 345 g/mol. The molecule has 0 aliphatic rings. The molecule has 0 aromatic heterocycles. The number of carbonyl (C=O) groups excluding carboxylic acids is 2. The summed E-state index contributed by atoms with van der Waals surface area (Å²) in [5.74, 6) is -1.38. The Kier molecular flexibility index (Phi) is 6.82. The van der Waals surface area contributed by atoms with E-state index in [2.05, 4.69) is 5.32 Å². The third-order valence-electron chi connectivity index (χ3n) is 3.69. The number of carboxylic acids is 1. The number of carbonyl (C=O) groups is 2. The molecule has 2 aromatic rings. The van der Waals surface area contributed by atoms with Crippen molar-refractivity contribution in [2.24, 2.45) is 0 Å². The fourth-order valence-electron chi connectivity index (χ4n) is 2.48. The molecule has 0 aliphatic heterocycles. The Morgan fingerprint density at radius 2 is 1.71 bits per heavy atom. The number of halogens is 1. The highest BCUT2D eigenvalue weighted by Gasteiger charge is 2.15. The van der Waals surface area contributed by atoms with Crippen LogP contribution in [0.25, 0.3) is 0 Å². The Bertz CT molecular complexity index is 671. The maximum Gasteiger partial charge on any atom is 0.220 e. The Hall–Kier alpha value is -2.33. The minimum Gasteiger partial charge on any atom is -0.550 e. The van der Waals surface area contributed by atoms with E-state index in [-0.39, 0.29) is 12.3 Å². The zero-order chi connectivity index (χ0) is 17.4. The van der Waals surface area contributed by atoms with Gasteiger partial charge in [0.15, 0.2) is 0 Å². The van der Waals surface area contributed by atoms with Crippen LogP contribution in [0.15, 0.2) is 54.6 Å². The van der Waals surface area contributed by atoms with E-state index < -0.39 is 12.0 Å². The van der Waals surface area contributed by atoms with E-state index in [4.69, 9.17) is 11.6 Å². The lowest BCUT2D eigenvalue weighted by molar-refractivity contribution is -0.306. The van der Waals surface area contributed by atoms with Gasteiger partial charge in [-0.15, -0.1) is 0 Å². The summed E-state index contributed by atoms with van der Waals surface area (Å²) in [6, 6.07) is 16.1. The van der Waals surface area contributed by atoms with Crippen molar-refractivity contribution >= 4 is 23.5 Å². The normalized spacial score (nSPS) is 11.7. The summed E-state index contributed by atoms with van der Waals surface area (Å²) in [5, 5.41) is 14.3. The number of benzene rings is 2. The molecule has 1 amide bonds. The predicted molar refractivity (Wildman–Crippen MR) is 91.3 cm³/mol. The quantitative estimate of drug-likeness (QED) is 0.800. The Morgan fingerprint density at radius 3 is 2.33 bits per heavy atom. The summed E-state index contributed by atoms with van der Waals surface area (Å²) >= 11 is 5.84. The predicted octanol–water partition coefficient (Wildman–Crippen LogP) is 2.66. The molecule has 0 unspecified atom stereocenters. The van der Waals surface area contributed by atoms with Gasteiger partial charge in [-0.3, -0.25) is 4.79 Å². The number of carboxylic acid groups (broad SMARTS) is 1. The monoisotopic (exact) mass is 344 g/mol. The first-order valence-electron chi connectivity index (χ1n) is 7.83. The number of aliphatic carboxylic acids is 1. The Balaban J connectivity index is 1.89. The van der Waals surface area contributed by atoms with Crippen LogP contribution in [0.4, 0.5) is 0 Å². The van der Waals surface area contributed by atoms with E-state index in [0.29, 0.717) is 23.4 Å². The van der Waals surface area contributed by atoms with Crippen molar-refractivity contribution in [1.29, 1.82) is 0 Å². The molecule has 4 nitrogen and oxygen atoms in total. The first kappa shape index (κ1) is 18.0. The maximum atomic E-state index is 12.1. The van der Waals surface area contributed by atoms with Gasteiger partial charge in [0, 0.05) is 23.8 Å². The SMILES string of the molecule is O=C([O-])C[C@H](NC(=O)CCCc1ccccc1)c1ccc(Cl)cc1. The van der Waals surface area contributed by atoms with Crippen molar-refractivity contribution in [2.45, 2.75) is 31.7 Å². The van der Waals surface area contributed by atoms with Crippen molar-refractivity contribution in [3.8, 4) is 0 Å². The molecule has 2 aromatic carbocycles. The molecule has 0 aliphatic carbocycles. The molecular formula is C19H19ClNO3-. The molecule has 0 radical (unpaired) electrons. The van der Waals surface area contributed by atoms with Crippen LogP contribution >= 0.6 is 11.6 Å². The highest BCUT2D eigenvalue weighted by molar-refractivity contribution is 6.30. The van der Waals surface area contributed by atoms with E-state index in [1.165, 1.54) is 5.56 Å². The van der Waals surface area contributed by atoms with Gasteiger partial charge in [-0.2, -0.15) is 0 Å². The van der Waals surface area contributed by atoms with Crippen LogP contribution in [-0.2, 0) is 16.0 Å². The average Bonchev–Trinajstić information content (AvgIpc) is 2.55. The van der Waals surface area contributed by atoms with E-state index in [0.717, 1.165) is 6.42 Å². The molecule has 1 N–H and O–H groups in total.